The van der Waals surface area contributed by atoms with Crippen molar-refractivity contribution >= 4 is 23.6 Å². The van der Waals surface area contributed by atoms with E-state index in [0.717, 1.165) is 24.3 Å². The monoisotopic (exact) mass is 441 g/mol. The van der Waals surface area contributed by atoms with Gasteiger partial charge in [0.25, 0.3) is 5.91 Å². The Morgan fingerprint density at radius 1 is 1.06 bits per heavy atom. The summed E-state index contributed by atoms with van der Waals surface area (Å²) in [5.41, 5.74) is -0.681. The molecule has 0 aromatic heterocycles. The normalized spacial score (nSPS) is 11.4. The molecular formula is C21H19F4NO5. The lowest BCUT2D eigenvalue weighted by atomic mass is 10.1. The van der Waals surface area contributed by atoms with Gasteiger partial charge in [0.05, 0.1) is 17.9 Å². The molecule has 2 aromatic carbocycles. The minimum absolute atomic E-state index is 0.000863. The van der Waals surface area contributed by atoms with Crippen LogP contribution in [0.15, 0.2) is 48.5 Å². The van der Waals surface area contributed by atoms with Crippen molar-refractivity contribution in [2.45, 2.75) is 6.18 Å². The molecule has 0 bridgehead atoms. The summed E-state index contributed by atoms with van der Waals surface area (Å²) in [6.07, 6.45) is -2.24. The largest absolute Gasteiger partial charge is 0.489 e. The van der Waals surface area contributed by atoms with Crippen molar-refractivity contribution in [2.75, 3.05) is 32.2 Å². The molecule has 0 radical (unpaired) electrons. The van der Waals surface area contributed by atoms with Gasteiger partial charge in [0.1, 0.15) is 18.2 Å². The summed E-state index contributed by atoms with van der Waals surface area (Å²) in [5, 5.41) is 2.24. The predicted molar refractivity (Wildman–Crippen MR) is 104 cm³/mol. The van der Waals surface area contributed by atoms with E-state index in [1.54, 1.807) is 0 Å². The lowest BCUT2D eigenvalue weighted by Crippen LogP contribution is -2.21. The van der Waals surface area contributed by atoms with Gasteiger partial charge in [0, 0.05) is 13.2 Å². The minimum Gasteiger partial charge on any atom is -0.489 e. The summed E-state index contributed by atoms with van der Waals surface area (Å²) in [6, 6.07) is 7.90. The zero-order valence-corrected chi connectivity index (χ0v) is 16.4. The van der Waals surface area contributed by atoms with Crippen LogP contribution in [0.25, 0.3) is 6.08 Å². The Morgan fingerprint density at radius 3 is 2.42 bits per heavy atom. The first kappa shape index (κ1) is 23.9. The number of anilines is 1. The first-order chi connectivity index (χ1) is 14.7. The zero-order chi connectivity index (χ0) is 22.9. The second kappa shape index (κ2) is 11.1. The van der Waals surface area contributed by atoms with Gasteiger partial charge in [-0.3, -0.25) is 4.79 Å². The fraction of sp³-hybridized carbons (Fsp3) is 0.238. The average Bonchev–Trinajstić information content (AvgIpc) is 2.72. The number of rotatable bonds is 9. The Labute approximate surface area is 175 Å². The minimum atomic E-state index is -4.62. The standard InChI is InChI=1S/C21H19F4NO5/c1-29-10-11-30-18-8-5-15(21(23,24)25)12-17(18)26-19(27)13-31-20(28)9-4-14-2-6-16(22)7-3-14/h2-9,12H,10-11,13H2,1H3,(H,26,27)/b9-4+. The van der Waals surface area contributed by atoms with Crippen LogP contribution in [0.3, 0.4) is 0 Å². The molecule has 0 saturated heterocycles. The molecule has 0 fully saturated rings. The highest BCUT2D eigenvalue weighted by Crippen LogP contribution is 2.35. The van der Waals surface area contributed by atoms with E-state index in [0.29, 0.717) is 5.56 Å². The zero-order valence-electron chi connectivity index (χ0n) is 16.4. The molecule has 166 valence electrons. The van der Waals surface area contributed by atoms with Gasteiger partial charge in [-0.2, -0.15) is 13.2 Å². The predicted octanol–water partition coefficient (Wildman–Crippen LogP) is 4.06. The Balaban J connectivity index is 1.98. The topological polar surface area (TPSA) is 73.9 Å². The van der Waals surface area contributed by atoms with Gasteiger partial charge in [0.2, 0.25) is 0 Å². The van der Waals surface area contributed by atoms with Crippen molar-refractivity contribution in [3.63, 3.8) is 0 Å². The number of benzene rings is 2. The number of hydrogen-bond donors (Lipinski definition) is 1. The summed E-state index contributed by atoms with van der Waals surface area (Å²) in [6.45, 7) is -0.499. The number of hydrogen-bond acceptors (Lipinski definition) is 5. The molecular weight excluding hydrogens is 422 g/mol. The van der Waals surface area contributed by atoms with E-state index in [1.165, 1.54) is 37.5 Å². The van der Waals surface area contributed by atoms with E-state index >= 15 is 0 Å². The van der Waals surface area contributed by atoms with E-state index in [9.17, 15) is 27.2 Å². The van der Waals surface area contributed by atoms with Gasteiger partial charge in [-0.05, 0) is 42.0 Å². The van der Waals surface area contributed by atoms with Gasteiger partial charge < -0.3 is 19.5 Å². The van der Waals surface area contributed by atoms with Gasteiger partial charge >= 0.3 is 12.1 Å². The van der Waals surface area contributed by atoms with Crippen molar-refractivity contribution in [1.82, 2.24) is 0 Å². The van der Waals surface area contributed by atoms with Crippen LogP contribution in [-0.2, 0) is 25.2 Å². The molecule has 0 atom stereocenters. The Bertz CT molecular complexity index is 926. The van der Waals surface area contributed by atoms with Crippen LogP contribution >= 0.6 is 0 Å². The maximum Gasteiger partial charge on any atom is 0.416 e. The van der Waals surface area contributed by atoms with E-state index in [4.69, 9.17) is 14.2 Å². The van der Waals surface area contributed by atoms with Crippen LogP contribution in [0.1, 0.15) is 11.1 Å². The number of esters is 1. The smallest absolute Gasteiger partial charge is 0.416 e. The maximum atomic E-state index is 13.0. The third-order valence-electron chi connectivity index (χ3n) is 3.75. The van der Waals surface area contributed by atoms with Crippen molar-refractivity contribution in [3.05, 3.63) is 65.5 Å². The molecule has 0 saturated carbocycles. The maximum absolute atomic E-state index is 13.0. The van der Waals surface area contributed by atoms with Crippen molar-refractivity contribution in [1.29, 1.82) is 0 Å². The SMILES string of the molecule is COCCOc1ccc(C(F)(F)F)cc1NC(=O)COC(=O)/C=C/c1ccc(F)cc1. The van der Waals surface area contributed by atoms with Crippen LogP contribution < -0.4 is 10.1 Å². The lowest BCUT2D eigenvalue weighted by Gasteiger charge is -2.15. The summed E-state index contributed by atoms with van der Waals surface area (Å²) >= 11 is 0. The van der Waals surface area contributed by atoms with Gasteiger partial charge in [0.15, 0.2) is 6.61 Å². The van der Waals surface area contributed by atoms with Gasteiger partial charge in [-0.15, -0.1) is 0 Å². The van der Waals surface area contributed by atoms with Crippen LogP contribution in [-0.4, -0.2) is 38.8 Å². The summed E-state index contributed by atoms with van der Waals surface area (Å²) < 4.78 is 66.7. The molecule has 10 heteroatoms. The molecule has 0 aliphatic rings. The highest BCUT2D eigenvalue weighted by Gasteiger charge is 2.31. The number of carbonyl (C=O) groups excluding carboxylic acids is 2. The molecule has 0 heterocycles. The number of amides is 1. The van der Waals surface area contributed by atoms with Crippen LogP contribution in [0.2, 0.25) is 0 Å². The Hall–Kier alpha value is -3.40. The van der Waals surface area contributed by atoms with Gasteiger partial charge in [-0.25, -0.2) is 9.18 Å². The molecule has 0 aliphatic heterocycles. The molecule has 1 amide bonds. The van der Waals surface area contributed by atoms with Gasteiger partial charge in [-0.1, -0.05) is 12.1 Å². The van der Waals surface area contributed by atoms with Crippen LogP contribution in [0.5, 0.6) is 5.75 Å². The Morgan fingerprint density at radius 2 is 1.77 bits per heavy atom. The van der Waals surface area contributed by atoms with Crippen LogP contribution in [0.4, 0.5) is 23.2 Å². The fourth-order valence-electron chi connectivity index (χ4n) is 2.27. The van der Waals surface area contributed by atoms with E-state index in [2.05, 4.69) is 5.32 Å². The molecule has 0 unspecified atom stereocenters. The first-order valence-corrected chi connectivity index (χ1v) is 8.92. The van der Waals surface area contributed by atoms with E-state index < -0.39 is 36.0 Å². The molecule has 31 heavy (non-hydrogen) atoms. The summed E-state index contributed by atoms with van der Waals surface area (Å²) in [7, 11) is 1.43. The average molecular weight is 441 g/mol. The number of ether oxygens (including phenoxy) is 3. The molecule has 2 rings (SSSR count). The fourth-order valence-corrected chi connectivity index (χ4v) is 2.27. The van der Waals surface area contributed by atoms with E-state index in [-0.39, 0.29) is 24.7 Å². The highest BCUT2D eigenvalue weighted by molar-refractivity contribution is 5.95. The summed E-state index contributed by atoms with van der Waals surface area (Å²) in [5.74, 6) is -2.16. The van der Waals surface area contributed by atoms with Crippen molar-refractivity contribution in [2.24, 2.45) is 0 Å². The third kappa shape index (κ3) is 8.09. The van der Waals surface area contributed by atoms with E-state index in [1.807, 2.05) is 0 Å². The number of nitrogens with one attached hydrogen (secondary N) is 1. The molecule has 1 N–H and O–H groups in total. The summed E-state index contributed by atoms with van der Waals surface area (Å²) in [4.78, 5) is 23.8. The molecule has 0 spiro atoms. The molecule has 2 aromatic rings. The molecule has 6 nitrogen and oxygen atoms in total. The lowest BCUT2D eigenvalue weighted by molar-refractivity contribution is -0.142. The number of carbonyl (C=O) groups is 2. The second-order valence-electron chi connectivity index (χ2n) is 6.09. The first-order valence-electron chi connectivity index (χ1n) is 8.92. The van der Waals surface area contributed by atoms with Crippen molar-refractivity contribution in [3.8, 4) is 5.75 Å². The number of halogens is 4. The Kier molecular flexibility index (Phi) is 8.56. The molecule has 0 aliphatic carbocycles. The number of methoxy groups -OCH3 is 1. The van der Waals surface area contributed by atoms with Crippen molar-refractivity contribution < 1.29 is 41.4 Å². The highest BCUT2D eigenvalue weighted by atomic mass is 19.4. The quantitative estimate of drug-likeness (QED) is 0.275. The number of alkyl halides is 3. The second-order valence-corrected chi connectivity index (χ2v) is 6.09. The third-order valence-corrected chi connectivity index (χ3v) is 3.75. The van der Waals surface area contributed by atoms with Crippen LogP contribution in [0, 0.1) is 5.82 Å².